The molecular formula is C14H24N4O2. The summed E-state index contributed by atoms with van der Waals surface area (Å²) in [5, 5.41) is 12.0. The lowest BCUT2D eigenvalue weighted by molar-refractivity contribution is 0.202. The molecule has 112 valence electrons. The molecule has 0 saturated carbocycles. The highest BCUT2D eigenvalue weighted by Gasteiger charge is 2.21. The van der Waals surface area contributed by atoms with Crippen LogP contribution in [0.1, 0.15) is 32.3 Å². The van der Waals surface area contributed by atoms with Crippen LogP contribution in [0.3, 0.4) is 0 Å². The van der Waals surface area contributed by atoms with E-state index in [1.54, 1.807) is 25.4 Å². The van der Waals surface area contributed by atoms with Gasteiger partial charge in [0, 0.05) is 25.9 Å². The van der Waals surface area contributed by atoms with Crippen molar-refractivity contribution in [2.24, 2.45) is 10.9 Å². The summed E-state index contributed by atoms with van der Waals surface area (Å²) >= 11 is 0. The number of hydrogen-bond acceptors (Lipinski definition) is 5. The van der Waals surface area contributed by atoms with E-state index in [0.717, 1.165) is 18.7 Å². The first kappa shape index (κ1) is 16.2. The molecular weight excluding hydrogens is 256 g/mol. The van der Waals surface area contributed by atoms with Crippen LogP contribution in [-0.4, -0.2) is 42.3 Å². The summed E-state index contributed by atoms with van der Waals surface area (Å²) in [4.78, 5) is 6.58. The van der Waals surface area contributed by atoms with E-state index < -0.39 is 0 Å². The van der Waals surface area contributed by atoms with Gasteiger partial charge in [0.25, 0.3) is 0 Å². The summed E-state index contributed by atoms with van der Waals surface area (Å²) in [6.45, 7) is 5.59. The van der Waals surface area contributed by atoms with E-state index in [4.69, 9.17) is 15.7 Å². The number of ether oxygens (including phenoxy) is 1. The third-order valence-corrected chi connectivity index (χ3v) is 3.36. The maximum atomic E-state index is 8.92. The topological polar surface area (TPSA) is 84.0 Å². The summed E-state index contributed by atoms with van der Waals surface area (Å²) in [7, 11) is 1.67. The van der Waals surface area contributed by atoms with Gasteiger partial charge in [-0.05, 0) is 25.0 Å². The lowest BCUT2D eigenvalue weighted by Gasteiger charge is -2.32. The van der Waals surface area contributed by atoms with Crippen molar-refractivity contribution in [3.05, 3.63) is 23.9 Å². The quantitative estimate of drug-likeness (QED) is 0.328. The number of oxime groups is 1. The van der Waals surface area contributed by atoms with E-state index in [2.05, 4.69) is 28.9 Å². The lowest BCUT2D eigenvalue weighted by Crippen LogP contribution is -2.39. The fourth-order valence-electron chi connectivity index (χ4n) is 2.26. The van der Waals surface area contributed by atoms with Gasteiger partial charge in [0.05, 0.1) is 12.2 Å². The van der Waals surface area contributed by atoms with Gasteiger partial charge in [0.2, 0.25) is 0 Å². The number of nitrogens with two attached hydrogens (primary N) is 1. The highest BCUT2D eigenvalue weighted by atomic mass is 16.5. The highest BCUT2D eigenvalue weighted by molar-refractivity contribution is 6.01. The molecule has 0 amide bonds. The summed E-state index contributed by atoms with van der Waals surface area (Å²) in [5.41, 5.74) is 6.38. The average molecular weight is 280 g/mol. The standard InChI is InChI=1S/C14H24N4O2/c1-4-11(5-2)18(9-10-20-3)14-12(13(15)17-19)7-6-8-16-14/h6-8,11,19H,4-5,9-10H2,1-3H3,(H2,15,17). The van der Waals surface area contributed by atoms with Crippen molar-refractivity contribution in [1.29, 1.82) is 0 Å². The molecule has 0 atom stereocenters. The molecule has 0 spiro atoms. The number of anilines is 1. The van der Waals surface area contributed by atoms with Gasteiger partial charge >= 0.3 is 0 Å². The Bertz CT molecular complexity index is 433. The van der Waals surface area contributed by atoms with Crippen molar-refractivity contribution in [2.45, 2.75) is 32.7 Å². The first-order valence-corrected chi connectivity index (χ1v) is 6.88. The van der Waals surface area contributed by atoms with Crippen LogP contribution in [0.4, 0.5) is 5.82 Å². The molecule has 6 nitrogen and oxygen atoms in total. The molecule has 1 aromatic heterocycles. The molecule has 1 aromatic rings. The zero-order valence-electron chi connectivity index (χ0n) is 12.4. The predicted molar refractivity (Wildman–Crippen MR) is 80.3 cm³/mol. The van der Waals surface area contributed by atoms with Crippen LogP contribution in [0.15, 0.2) is 23.5 Å². The monoisotopic (exact) mass is 280 g/mol. The number of aromatic nitrogens is 1. The Balaban J connectivity index is 3.18. The van der Waals surface area contributed by atoms with Crippen LogP contribution in [-0.2, 0) is 4.74 Å². The van der Waals surface area contributed by atoms with Crippen LogP contribution >= 0.6 is 0 Å². The Labute approximate surface area is 120 Å². The lowest BCUT2D eigenvalue weighted by atomic mass is 10.1. The molecule has 0 aliphatic rings. The van der Waals surface area contributed by atoms with Crippen LogP contribution in [0.25, 0.3) is 0 Å². The number of rotatable bonds is 8. The summed E-state index contributed by atoms with van der Waals surface area (Å²) in [6, 6.07) is 3.92. The Morgan fingerprint density at radius 3 is 2.75 bits per heavy atom. The van der Waals surface area contributed by atoms with Crippen LogP contribution in [0.2, 0.25) is 0 Å². The highest BCUT2D eigenvalue weighted by Crippen LogP contribution is 2.22. The van der Waals surface area contributed by atoms with Gasteiger partial charge < -0.3 is 20.6 Å². The molecule has 3 N–H and O–H groups in total. The molecule has 0 unspecified atom stereocenters. The minimum absolute atomic E-state index is 0.0708. The maximum absolute atomic E-state index is 8.92. The third kappa shape index (κ3) is 3.84. The maximum Gasteiger partial charge on any atom is 0.173 e. The van der Waals surface area contributed by atoms with Gasteiger partial charge in [-0.2, -0.15) is 0 Å². The number of methoxy groups -OCH3 is 1. The molecule has 1 rings (SSSR count). The van der Waals surface area contributed by atoms with E-state index in [0.29, 0.717) is 24.8 Å². The Morgan fingerprint density at radius 1 is 1.50 bits per heavy atom. The van der Waals surface area contributed by atoms with Crippen molar-refractivity contribution < 1.29 is 9.94 Å². The summed E-state index contributed by atoms with van der Waals surface area (Å²) in [6.07, 6.45) is 3.70. The van der Waals surface area contributed by atoms with Gasteiger partial charge in [0.15, 0.2) is 5.84 Å². The molecule has 0 bridgehead atoms. The van der Waals surface area contributed by atoms with Gasteiger partial charge in [-0.25, -0.2) is 4.98 Å². The minimum Gasteiger partial charge on any atom is -0.409 e. The van der Waals surface area contributed by atoms with Crippen molar-refractivity contribution in [2.75, 3.05) is 25.2 Å². The molecule has 0 saturated heterocycles. The minimum atomic E-state index is 0.0708. The van der Waals surface area contributed by atoms with Crippen molar-refractivity contribution >= 4 is 11.7 Å². The molecule has 1 heterocycles. The fraction of sp³-hybridized carbons (Fsp3) is 0.571. The Kier molecular flexibility index (Phi) is 6.79. The largest absolute Gasteiger partial charge is 0.409 e. The average Bonchev–Trinajstić information content (AvgIpc) is 2.50. The number of pyridine rings is 1. The third-order valence-electron chi connectivity index (χ3n) is 3.36. The second kappa shape index (κ2) is 8.37. The summed E-state index contributed by atoms with van der Waals surface area (Å²) in [5.74, 6) is 0.801. The number of amidine groups is 1. The molecule has 0 aliphatic heterocycles. The van der Waals surface area contributed by atoms with E-state index in [1.165, 1.54) is 0 Å². The van der Waals surface area contributed by atoms with E-state index in [9.17, 15) is 0 Å². The first-order chi connectivity index (χ1) is 9.69. The normalized spacial score (nSPS) is 11.9. The zero-order valence-corrected chi connectivity index (χ0v) is 12.4. The van der Waals surface area contributed by atoms with Crippen LogP contribution < -0.4 is 10.6 Å². The zero-order chi connectivity index (χ0) is 15.0. The van der Waals surface area contributed by atoms with Gasteiger partial charge in [0.1, 0.15) is 5.82 Å². The number of hydrogen-bond donors (Lipinski definition) is 2. The van der Waals surface area contributed by atoms with Gasteiger partial charge in [-0.15, -0.1) is 0 Å². The molecule has 20 heavy (non-hydrogen) atoms. The first-order valence-electron chi connectivity index (χ1n) is 6.88. The Hall–Kier alpha value is -1.82. The van der Waals surface area contributed by atoms with Crippen LogP contribution in [0, 0.1) is 0 Å². The van der Waals surface area contributed by atoms with Crippen molar-refractivity contribution in [3.8, 4) is 0 Å². The molecule has 0 aromatic carbocycles. The second-order valence-corrected chi connectivity index (χ2v) is 4.52. The smallest absolute Gasteiger partial charge is 0.173 e. The van der Waals surface area contributed by atoms with E-state index in [1.807, 2.05) is 0 Å². The van der Waals surface area contributed by atoms with Crippen molar-refractivity contribution in [1.82, 2.24) is 4.98 Å². The van der Waals surface area contributed by atoms with Crippen molar-refractivity contribution in [3.63, 3.8) is 0 Å². The van der Waals surface area contributed by atoms with Gasteiger partial charge in [-0.3, -0.25) is 0 Å². The molecule has 0 fully saturated rings. The molecule has 0 aliphatic carbocycles. The van der Waals surface area contributed by atoms with E-state index >= 15 is 0 Å². The summed E-state index contributed by atoms with van der Waals surface area (Å²) < 4.78 is 5.18. The van der Waals surface area contributed by atoms with Gasteiger partial charge in [-0.1, -0.05) is 19.0 Å². The SMILES string of the molecule is CCC(CC)N(CCOC)c1ncccc1/C(N)=N/O. The Morgan fingerprint density at radius 2 is 2.20 bits per heavy atom. The predicted octanol–water partition coefficient (Wildman–Crippen LogP) is 1.82. The van der Waals surface area contributed by atoms with E-state index in [-0.39, 0.29) is 5.84 Å². The second-order valence-electron chi connectivity index (χ2n) is 4.52. The molecule has 6 heteroatoms. The number of nitrogens with zero attached hydrogens (tertiary/aromatic N) is 3. The van der Waals surface area contributed by atoms with Crippen LogP contribution in [0.5, 0.6) is 0 Å². The molecule has 0 radical (unpaired) electrons. The fourth-order valence-corrected chi connectivity index (χ4v) is 2.26.